The third kappa shape index (κ3) is 6.91. The van der Waals surface area contributed by atoms with Gasteiger partial charge in [0.15, 0.2) is 0 Å². The number of esters is 2. The van der Waals surface area contributed by atoms with E-state index in [2.05, 4.69) is 0 Å². The predicted molar refractivity (Wildman–Crippen MR) is 77.8 cm³/mol. The summed E-state index contributed by atoms with van der Waals surface area (Å²) in [4.78, 5) is 25.7. The average Bonchev–Trinajstić information content (AvgIpc) is 2.47. The molecule has 0 amide bonds. The fraction of sp³-hybridized carbons (Fsp3) is 0.867. The van der Waals surface area contributed by atoms with Gasteiger partial charge in [0, 0.05) is 13.7 Å². The van der Waals surface area contributed by atoms with Crippen LogP contribution in [0.3, 0.4) is 0 Å². The molecule has 1 aliphatic rings. The first-order valence-corrected chi connectivity index (χ1v) is 7.51. The summed E-state index contributed by atoms with van der Waals surface area (Å²) in [5.41, 5.74) is 0. The molecule has 0 aliphatic heterocycles. The van der Waals surface area contributed by atoms with E-state index in [4.69, 9.17) is 14.2 Å². The fourth-order valence-electron chi connectivity index (χ4n) is 2.35. The van der Waals surface area contributed by atoms with E-state index in [1.54, 1.807) is 7.11 Å². The van der Waals surface area contributed by atoms with Crippen LogP contribution in [0.15, 0.2) is 0 Å². The van der Waals surface area contributed by atoms with E-state index in [9.17, 15) is 9.59 Å². The molecular weight excluding hydrogens is 274 g/mol. The van der Waals surface area contributed by atoms with Crippen LogP contribution in [0.1, 0.15) is 25.7 Å². The summed E-state index contributed by atoms with van der Waals surface area (Å²) in [5.74, 6) is -0.475. The smallest absolute Gasteiger partial charge is 0.309 e. The summed E-state index contributed by atoms with van der Waals surface area (Å²) in [6.45, 7) is 1.86. The van der Waals surface area contributed by atoms with Gasteiger partial charge in [-0.15, -0.1) is 0 Å². The minimum atomic E-state index is -0.175. The lowest BCUT2D eigenvalue weighted by Crippen LogP contribution is -2.30. The molecule has 122 valence electrons. The maximum atomic E-state index is 11.9. The Morgan fingerprint density at radius 1 is 0.905 bits per heavy atom. The minimum Gasteiger partial charge on any atom is -0.464 e. The van der Waals surface area contributed by atoms with E-state index >= 15 is 0 Å². The van der Waals surface area contributed by atoms with Crippen molar-refractivity contribution in [2.45, 2.75) is 25.7 Å². The van der Waals surface area contributed by atoms with Crippen molar-refractivity contribution in [1.29, 1.82) is 0 Å². The Morgan fingerprint density at radius 2 is 1.38 bits per heavy atom. The van der Waals surface area contributed by atoms with Gasteiger partial charge in [-0.25, -0.2) is 0 Å². The molecule has 0 spiro atoms. The van der Waals surface area contributed by atoms with E-state index in [-0.39, 0.29) is 23.8 Å². The summed E-state index contributed by atoms with van der Waals surface area (Å²) >= 11 is 0. The molecule has 1 aliphatic carbocycles. The molecule has 0 heterocycles. The molecule has 0 aromatic rings. The third-order valence-electron chi connectivity index (χ3n) is 3.71. The van der Waals surface area contributed by atoms with Gasteiger partial charge in [-0.05, 0) is 39.8 Å². The summed E-state index contributed by atoms with van der Waals surface area (Å²) in [6.07, 6.45) is 2.79. The summed E-state index contributed by atoms with van der Waals surface area (Å²) in [7, 11) is 5.45. The van der Waals surface area contributed by atoms with Gasteiger partial charge in [-0.2, -0.15) is 0 Å². The van der Waals surface area contributed by atoms with Gasteiger partial charge in [0.1, 0.15) is 13.2 Å². The van der Waals surface area contributed by atoms with E-state index in [1.807, 2.05) is 19.0 Å². The fourth-order valence-corrected chi connectivity index (χ4v) is 2.35. The molecule has 0 radical (unpaired) electrons. The molecule has 6 nitrogen and oxygen atoms in total. The van der Waals surface area contributed by atoms with Gasteiger partial charge < -0.3 is 19.1 Å². The van der Waals surface area contributed by atoms with Crippen molar-refractivity contribution in [2.24, 2.45) is 11.8 Å². The largest absolute Gasteiger partial charge is 0.464 e. The molecule has 0 atom stereocenters. The predicted octanol–water partition coefficient (Wildman–Crippen LogP) is 1.09. The average molecular weight is 301 g/mol. The highest BCUT2D eigenvalue weighted by atomic mass is 16.6. The van der Waals surface area contributed by atoms with Gasteiger partial charge >= 0.3 is 11.9 Å². The molecule has 0 bridgehead atoms. The highest BCUT2D eigenvalue weighted by Crippen LogP contribution is 2.30. The molecule has 21 heavy (non-hydrogen) atoms. The number of ether oxygens (including phenoxy) is 3. The van der Waals surface area contributed by atoms with Crippen LogP contribution in [0, 0.1) is 11.8 Å². The second-order valence-electron chi connectivity index (χ2n) is 5.68. The molecule has 0 aromatic heterocycles. The van der Waals surface area contributed by atoms with Crippen LogP contribution in [0.25, 0.3) is 0 Å². The topological polar surface area (TPSA) is 65.1 Å². The quantitative estimate of drug-likeness (QED) is 0.494. The third-order valence-corrected chi connectivity index (χ3v) is 3.71. The first-order valence-electron chi connectivity index (χ1n) is 7.51. The highest BCUT2D eigenvalue weighted by Gasteiger charge is 2.31. The van der Waals surface area contributed by atoms with Crippen molar-refractivity contribution in [3.8, 4) is 0 Å². The Balaban J connectivity index is 2.21. The minimum absolute atomic E-state index is 0.0739. The zero-order valence-corrected chi connectivity index (χ0v) is 13.3. The van der Waals surface area contributed by atoms with Gasteiger partial charge in [0.2, 0.25) is 0 Å². The first kappa shape index (κ1) is 17.9. The van der Waals surface area contributed by atoms with E-state index in [0.717, 1.165) is 6.54 Å². The molecule has 0 saturated heterocycles. The van der Waals surface area contributed by atoms with Crippen molar-refractivity contribution in [1.82, 2.24) is 4.90 Å². The summed E-state index contributed by atoms with van der Waals surface area (Å²) in [6, 6.07) is 0. The van der Waals surface area contributed by atoms with Gasteiger partial charge in [0.25, 0.3) is 0 Å². The van der Waals surface area contributed by atoms with Crippen molar-refractivity contribution in [2.75, 3.05) is 47.6 Å². The number of rotatable bonds is 8. The Hall–Kier alpha value is -1.14. The van der Waals surface area contributed by atoms with Crippen LogP contribution in [-0.2, 0) is 23.8 Å². The number of carbonyl (C=O) groups excluding carboxylic acids is 2. The van der Waals surface area contributed by atoms with E-state index in [0.29, 0.717) is 45.5 Å². The van der Waals surface area contributed by atoms with Crippen LogP contribution >= 0.6 is 0 Å². The lowest BCUT2D eigenvalue weighted by Gasteiger charge is -2.26. The standard InChI is InChI=1S/C15H27NO5/c1-16(2)8-9-20-14(17)12-4-6-13(7-5-12)15(18)21-11-10-19-3/h12-13H,4-11H2,1-3H3. The monoisotopic (exact) mass is 301 g/mol. The molecule has 1 saturated carbocycles. The second kappa shape index (κ2) is 9.73. The molecule has 0 aromatic carbocycles. The second-order valence-corrected chi connectivity index (χ2v) is 5.68. The Bertz CT molecular complexity index is 324. The van der Waals surface area contributed by atoms with Gasteiger partial charge in [-0.1, -0.05) is 0 Å². The zero-order chi connectivity index (χ0) is 15.7. The van der Waals surface area contributed by atoms with E-state index in [1.165, 1.54) is 0 Å². The number of nitrogens with zero attached hydrogens (tertiary/aromatic N) is 1. The molecular formula is C15H27NO5. The molecule has 0 N–H and O–H groups in total. The van der Waals surface area contributed by atoms with Crippen LogP contribution < -0.4 is 0 Å². The summed E-state index contributed by atoms with van der Waals surface area (Å²) in [5, 5.41) is 0. The van der Waals surface area contributed by atoms with Crippen molar-refractivity contribution in [3.63, 3.8) is 0 Å². The van der Waals surface area contributed by atoms with Crippen LogP contribution in [0.4, 0.5) is 0 Å². The maximum absolute atomic E-state index is 11.9. The number of hydrogen-bond donors (Lipinski definition) is 0. The maximum Gasteiger partial charge on any atom is 0.309 e. The lowest BCUT2D eigenvalue weighted by molar-refractivity contribution is -0.156. The number of likely N-dealkylation sites (N-methyl/N-ethyl adjacent to an activating group) is 1. The lowest BCUT2D eigenvalue weighted by atomic mass is 9.82. The number of carbonyl (C=O) groups is 2. The van der Waals surface area contributed by atoms with E-state index < -0.39 is 0 Å². The van der Waals surface area contributed by atoms with Crippen molar-refractivity contribution < 1.29 is 23.8 Å². The SMILES string of the molecule is COCCOC(=O)C1CCC(C(=O)OCCN(C)C)CC1. The van der Waals surface area contributed by atoms with Gasteiger partial charge in [-0.3, -0.25) is 9.59 Å². The Kier molecular flexibility index (Phi) is 8.30. The number of hydrogen-bond acceptors (Lipinski definition) is 6. The first-order chi connectivity index (χ1) is 10.0. The molecule has 1 fully saturated rings. The van der Waals surface area contributed by atoms with Crippen LogP contribution in [0.5, 0.6) is 0 Å². The highest BCUT2D eigenvalue weighted by molar-refractivity contribution is 5.75. The molecule has 6 heteroatoms. The number of methoxy groups -OCH3 is 1. The molecule has 1 rings (SSSR count). The summed E-state index contributed by atoms with van der Waals surface area (Å²) < 4.78 is 15.2. The van der Waals surface area contributed by atoms with Gasteiger partial charge in [0.05, 0.1) is 18.4 Å². The van der Waals surface area contributed by atoms with Crippen LogP contribution in [0.2, 0.25) is 0 Å². The zero-order valence-electron chi connectivity index (χ0n) is 13.3. The van der Waals surface area contributed by atoms with Crippen molar-refractivity contribution in [3.05, 3.63) is 0 Å². The Morgan fingerprint density at radius 3 is 1.81 bits per heavy atom. The normalized spacial score (nSPS) is 22.1. The van der Waals surface area contributed by atoms with Crippen LogP contribution in [-0.4, -0.2) is 64.4 Å². The van der Waals surface area contributed by atoms with Crippen molar-refractivity contribution >= 4 is 11.9 Å². The molecule has 0 unspecified atom stereocenters. The Labute approximate surface area is 126 Å².